The molecule has 1 aromatic heterocycles. The number of carbonyl (C=O) groups excluding carboxylic acids is 2. The van der Waals surface area contributed by atoms with Gasteiger partial charge in [-0.1, -0.05) is 17.4 Å². The minimum absolute atomic E-state index is 0.0778. The highest BCUT2D eigenvalue weighted by atomic mass is 32.1. The van der Waals surface area contributed by atoms with Crippen LogP contribution in [-0.2, 0) is 16.0 Å². The summed E-state index contributed by atoms with van der Waals surface area (Å²) >= 11 is 1.33. The fourth-order valence-corrected chi connectivity index (χ4v) is 4.17. The summed E-state index contributed by atoms with van der Waals surface area (Å²) in [6.45, 7) is 0.507. The molecular formula is C19H22N4O4S. The number of methoxy groups -OCH3 is 2. The van der Waals surface area contributed by atoms with Gasteiger partial charge in [-0.2, -0.15) is 0 Å². The maximum absolute atomic E-state index is 12.5. The van der Waals surface area contributed by atoms with E-state index in [9.17, 15) is 9.59 Å². The molecular weight excluding hydrogens is 380 g/mol. The number of benzene rings is 1. The summed E-state index contributed by atoms with van der Waals surface area (Å²) in [5.41, 5.74) is 1.01. The lowest BCUT2D eigenvalue weighted by Gasteiger charge is -2.14. The predicted molar refractivity (Wildman–Crippen MR) is 104 cm³/mol. The van der Waals surface area contributed by atoms with Gasteiger partial charge in [0.1, 0.15) is 5.01 Å². The number of hydrogen-bond acceptors (Lipinski definition) is 7. The average molecular weight is 402 g/mol. The topological polar surface area (TPSA) is 93.7 Å². The molecule has 2 amide bonds. The van der Waals surface area contributed by atoms with Crippen molar-refractivity contribution in [2.24, 2.45) is 5.92 Å². The number of anilines is 1. The van der Waals surface area contributed by atoms with Gasteiger partial charge in [0.2, 0.25) is 16.9 Å². The van der Waals surface area contributed by atoms with Crippen LogP contribution in [0.1, 0.15) is 29.8 Å². The van der Waals surface area contributed by atoms with Gasteiger partial charge < -0.3 is 19.7 Å². The van der Waals surface area contributed by atoms with Crippen LogP contribution in [0.25, 0.3) is 0 Å². The third kappa shape index (κ3) is 3.94. The number of nitrogens with one attached hydrogen (secondary N) is 1. The number of nitrogens with zero attached hydrogens (tertiary/aromatic N) is 3. The van der Waals surface area contributed by atoms with Gasteiger partial charge in [-0.05, 0) is 30.5 Å². The minimum Gasteiger partial charge on any atom is -0.493 e. The van der Waals surface area contributed by atoms with Crippen molar-refractivity contribution in [2.75, 3.05) is 26.1 Å². The molecule has 0 radical (unpaired) electrons. The quantitative estimate of drug-likeness (QED) is 0.762. The number of carbonyl (C=O) groups is 2. The Morgan fingerprint density at radius 1 is 1.25 bits per heavy atom. The molecule has 1 aliphatic heterocycles. The van der Waals surface area contributed by atoms with Crippen molar-refractivity contribution in [2.45, 2.75) is 31.7 Å². The lowest BCUT2D eigenvalue weighted by molar-refractivity contribution is -0.128. The maximum atomic E-state index is 12.5. The molecule has 1 N–H and O–H groups in total. The smallest absolute Gasteiger partial charge is 0.231 e. The molecule has 0 bridgehead atoms. The predicted octanol–water partition coefficient (Wildman–Crippen LogP) is 2.10. The second-order valence-electron chi connectivity index (χ2n) is 7.03. The Labute approximate surface area is 166 Å². The second-order valence-corrected chi connectivity index (χ2v) is 8.10. The molecule has 1 aromatic carbocycles. The van der Waals surface area contributed by atoms with Crippen molar-refractivity contribution in [1.82, 2.24) is 15.1 Å². The van der Waals surface area contributed by atoms with Gasteiger partial charge in [-0.15, -0.1) is 10.2 Å². The van der Waals surface area contributed by atoms with Crippen molar-refractivity contribution < 1.29 is 19.1 Å². The largest absolute Gasteiger partial charge is 0.493 e. The van der Waals surface area contributed by atoms with Gasteiger partial charge in [0.15, 0.2) is 11.5 Å². The number of hydrogen-bond donors (Lipinski definition) is 1. The second kappa shape index (κ2) is 7.75. The average Bonchev–Trinajstić information content (AvgIpc) is 3.33. The number of ether oxygens (including phenoxy) is 2. The first-order valence-corrected chi connectivity index (χ1v) is 10.0. The van der Waals surface area contributed by atoms with E-state index >= 15 is 0 Å². The summed E-state index contributed by atoms with van der Waals surface area (Å²) in [6, 6.07) is 6.03. The summed E-state index contributed by atoms with van der Waals surface area (Å²) in [6.07, 6.45) is 2.96. The van der Waals surface area contributed by atoms with E-state index in [1.807, 2.05) is 23.1 Å². The van der Waals surface area contributed by atoms with Crippen LogP contribution < -0.4 is 14.8 Å². The summed E-state index contributed by atoms with van der Waals surface area (Å²) in [4.78, 5) is 26.4. The van der Waals surface area contributed by atoms with Crippen LogP contribution in [0.15, 0.2) is 18.2 Å². The summed E-state index contributed by atoms with van der Waals surface area (Å²) in [5, 5.41) is 12.3. The normalized spacial score (nSPS) is 19.0. The van der Waals surface area contributed by atoms with E-state index < -0.39 is 0 Å². The van der Waals surface area contributed by atoms with E-state index in [-0.39, 0.29) is 24.2 Å². The van der Waals surface area contributed by atoms with Crippen molar-refractivity contribution in [3.63, 3.8) is 0 Å². The van der Waals surface area contributed by atoms with E-state index in [4.69, 9.17) is 9.47 Å². The van der Waals surface area contributed by atoms with Crippen LogP contribution in [0.5, 0.6) is 11.5 Å². The molecule has 4 rings (SSSR count). The Morgan fingerprint density at radius 2 is 2.04 bits per heavy atom. The van der Waals surface area contributed by atoms with Crippen molar-refractivity contribution >= 4 is 28.3 Å². The molecule has 1 atom stereocenters. The molecule has 0 spiro atoms. The van der Waals surface area contributed by atoms with Gasteiger partial charge in [0, 0.05) is 25.4 Å². The number of rotatable bonds is 7. The minimum atomic E-state index is -0.314. The van der Waals surface area contributed by atoms with Crippen LogP contribution in [0, 0.1) is 5.92 Å². The monoisotopic (exact) mass is 402 g/mol. The molecule has 148 valence electrons. The highest BCUT2D eigenvalue weighted by molar-refractivity contribution is 7.15. The first-order chi connectivity index (χ1) is 13.6. The molecule has 1 saturated heterocycles. The first kappa shape index (κ1) is 18.7. The van der Waals surface area contributed by atoms with E-state index in [1.165, 1.54) is 11.3 Å². The molecule has 28 heavy (non-hydrogen) atoms. The molecule has 2 fully saturated rings. The fraction of sp³-hybridized carbons (Fsp3) is 0.474. The third-order valence-electron chi connectivity index (χ3n) is 5.02. The highest BCUT2D eigenvalue weighted by Crippen LogP contribution is 2.33. The van der Waals surface area contributed by atoms with Gasteiger partial charge in [0.05, 0.1) is 20.1 Å². The van der Waals surface area contributed by atoms with Gasteiger partial charge in [-0.3, -0.25) is 9.59 Å². The maximum Gasteiger partial charge on any atom is 0.231 e. The van der Waals surface area contributed by atoms with Crippen LogP contribution in [0.3, 0.4) is 0 Å². The molecule has 8 nitrogen and oxygen atoms in total. The Balaban J connectivity index is 1.37. The van der Waals surface area contributed by atoms with Crippen molar-refractivity contribution in [3.05, 3.63) is 28.8 Å². The molecule has 1 unspecified atom stereocenters. The first-order valence-electron chi connectivity index (χ1n) is 9.21. The standard InChI is InChI=1S/C19H22N4O4S/c1-26-14-6-3-11(7-15(14)27-2)8-16-21-22-19(28-16)20-18(25)12-9-17(24)23(10-12)13-4-5-13/h3,6-7,12-13H,4-5,8-10H2,1-2H3,(H,20,22,25). The number of likely N-dealkylation sites (tertiary alicyclic amines) is 1. The van der Waals surface area contributed by atoms with Crippen molar-refractivity contribution in [1.29, 1.82) is 0 Å². The highest BCUT2D eigenvalue weighted by Gasteiger charge is 2.41. The van der Waals surface area contributed by atoms with Gasteiger partial charge in [0.25, 0.3) is 0 Å². The van der Waals surface area contributed by atoms with Gasteiger partial charge >= 0.3 is 0 Å². The Morgan fingerprint density at radius 3 is 2.75 bits per heavy atom. The molecule has 1 aliphatic carbocycles. The number of aromatic nitrogens is 2. The lowest BCUT2D eigenvalue weighted by atomic mass is 10.1. The molecule has 2 aromatic rings. The SMILES string of the molecule is COc1ccc(Cc2nnc(NC(=O)C3CC(=O)N(C4CC4)C3)s2)cc1OC. The van der Waals surface area contributed by atoms with Crippen molar-refractivity contribution in [3.8, 4) is 11.5 Å². The molecule has 1 saturated carbocycles. The third-order valence-corrected chi connectivity index (χ3v) is 5.86. The Bertz CT molecular complexity index is 896. The van der Waals surface area contributed by atoms with E-state index in [2.05, 4.69) is 15.5 Å². The lowest BCUT2D eigenvalue weighted by Crippen LogP contribution is -2.29. The van der Waals surface area contributed by atoms with E-state index in [0.29, 0.717) is 35.6 Å². The van der Waals surface area contributed by atoms with Crippen LogP contribution in [-0.4, -0.2) is 53.7 Å². The number of amides is 2. The Kier molecular flexibility index (Phi) is 5.17. The van der Waals surface area contributed by atoms with Gasteiger partial charge in [-0.25, -0.2) is 0 Å². The summed E-state index contributed by atoms with van der Waals surface area (Å²) < 4.78 is 10.6. The zero-order valence-electron chi connectivity index (χ0n) is 15.8. The van der Waals surface area contributed by atoms with E-state index in [0.717, 1.165) is 23.4 Å². The molecule has 9 heteroatoms. The molecule has 2 aliphatic rings. The van der Waals surface area contributed by atoms with Crippen LogP contribution in [0.2, 0.25) is 0 Å². The zero-order chi connectivity index (χ0) is 19.7. The van der Waals surface area contributed by atoms with Crippen LogP contribution in [0.4, 0.5) is 5.13 Å². The summed E-state index contributed by atoms with van der Waals surface area (Å²) in [5.74, 6) is 0.928. The van der Waals surface area contributed by atoms with E-state index in [1.54, 1.807) is 14.2 Å². The van der Waals surface area contributed by atoms with Crippen LogP contribution >= 0.6 is 11.3 Å². The Hall–Kier alpha value is -2.68. The zero-order valence-corrected chi connectivity index (χ0v) is 16.6. The molecule has 2 heterocycles. The fourth-order valence-electron chi connectivity index (χ4n) is 3.39. The summed E-state index contributed by atoms with van der Waals surface area (Å²) in [7, 11) is 3.19.